The van der Waals surface area contributed by atoms with Crippen molar-refractivity contribution in [3.63, 3.8) is 0 Å². The van der Waals surface area contributed by atoms with E-state index in [0.29, 0.717) is 22.3 Å². The standard InChI is InChI=1S/C16H12FN3O/c1-11-19-15-9-5-3-7-13(15)16(21)20(11)18-10-12-6-2-4-8-14(12)17/h2-10H,1H3/b18-10+. The highest BCUT2D eigenvalue weighted by Crippen LogP contribution is 2.08. The van der Waals surface area contributed by atoms with Gasteiger partial charge in [-0.3, -0.25) is 4.79 Å². The van der Waals surface area contributed by atoms with Crippen LogP contribution in [0.25, 0.3) is 10.9 Å². The zero-order valence-electron chi connectivity index (χ0n) is 11.3. The van der Waals surface area contributed by atoms with E-state index in [1.807, 2.05) is 6.07 Å². The predicted molar refractivity (Wildman–Crippen MR) is 80.1 cm³/mol. The lowest BCUT2D eigenvalue weighted by atomic mass is 10.2. The van der Waals surface area contributed by atoms with E-state index in [-0.39, 0.29) is 11.4 Å². The normalized spacial score (nSPS) is 11.3. The Bertz CT molecular complexity index is 899. The number of benzene rings is 2. The van der Waals surface area contributed by atoms with Gasteiger partial charge in [0.05, 0.1) is 17.1 Å². The minimum absolute atomic E-state index is 0.273. The SMILES string of the molecule is Cc1nc2ccccc2c(=O)n1/N=C/c1ccccc1F. The van der Waals surface area contributed by atoms with Crippen molar-refractivity contribution in [3.05, 3.63) is 76.1 Å². The minimum Gasteiger partial charge on any atom is -0.267 e. The molecule has 1 heterocycles. The molecule has 2 aromatic carbocycles. The molecule has 104 valence electrons. The molecule has 0 spiro atoms. The lowest BCUT2D eigenvalue weighted by Gasteiger charge is -2.05. The Labute approximate surface area is 120 Å². The van der Waals surface area contributed by atoms with Gasteiger partial charge in [-0.15, -0.1) is 0 Å². The van der Waals surface area contributed by atoms with Crippen molar-refractivity contribution in [1.29, 1.82) is 0 Å². The maximum Gasteiger partial charge on any atom is 0.282 e. The number of aryl methyl sites for hydroxylation is 1. The van der Waals surface area contributed by atoms with E-state index >= 15 is 0 Å². The second-order valence-corrected chi connectivity index (χ2v) is 4.56. The number of nitrogens with zero attached hydrogens (tertiary/aromatic N) is 3. The predicted octanol–water partition coefficient (Wildman–Crippen LogP) is 2.73. The van der Waals surface area contributed by atoms with Crippen molar-refractivity contribution in [3.8, 4) is 0 Å². The third kappa shape index (κ3) is 2.45. The highest BCUT2D eigenvalue weighted by molar-refractivity contribution is 5.80. The van der Waals surface area contributed by atoms with Crippen LogP contribution in [-0.2, 0) is 0 Å². The Hall–Kier alpha value is -2.82. The molecular formula is C16H12FN3O. The molecule has 0 aliphatic carbocycles. The second-order valence-electron chi connectivity index (χ2n) is 4.56. The van der Waals surface area contributed by atoms with Gasteiger partial charge in [0, 0.05) is 5.56 Å². The fourth-order valence-electron chi connectivity index (χ4n) is 2.07. The maximum atomic E-state index is 13.6. The largest absolute Gasteiger partial charge is 0.282 e. The van der Waals surface area contributed by atoms with Crippen molar-refractivity contribution >= 4 is 17.1 Å². The smallest absolute Gasteiger partial charge is 0.267 e. The average molecular weight is 281 g/mol. The van der Waals surface area contributed by atoms with Gasteiger partial charge in [-0.1, -0.05) is 30.3 Å². The summed E-state index contributed by atoms with van der Waals surface area (Å²) in [5.41, 5.74) is 0.667. The third-order valence-corrected chi connectivity index (χ3v) is 3.13. The van der Waals surface area contributed by atoms with Crippen LogP contribution in [0, 0.1) is 12.7 Å². The molecule has 0 unspecified atom stereocenters. The van der Waals surface area contributed by atoms with Crippen molar-refractivity contribution in [2.45, 2.75) is 6.92 Å². The van der Waals surface area contributed by atoms with Crippen molar-refractivity contribution < 1.29 is 4.39 Å². The van der Waals surface area contributed by atoms with Crippen LogP contribution in [0.2, 0.25) is 0 Å². The second kappa shape index (κ2) is 5.28. The number of halogens is 1. The van der Waals surface area contributed by atoms with E-state index in [2.05, 4.69) is 10.1 Å². The van der Waals surface area contributed by atoms with E-state index in [4.69, 9.17) is 0 Å². The molecule has 0 aliphatic rings. The third-order valence-electron chi connectivity index (χ3n) is 3.13. The minimum atomic E-state index is -0.388. The van der Waals surface area contributed by atoms with E-state index in [1.165, 1.54) is 17.0 Å². The molecule has 1 aromatic heterocycles. The summed E-state index contributed by atoms with van der Waals surface area (Å²) in [6.07, 6.45) is 1.32. The molecule has 5 heteroatoms. The summed E-state index contributed by atoms with van der Waals surface area (Å²) in [4.78, 5) is 16.7. The molecule has 4 nitrogen and oxygen atoms in total. The number of aromatic nitrogens is 2. The fourth-order valence-corrected chi connectivity index (χ4v) is 2.07. The molecule has 0 bridgehead atoms. The first-order valence-electron chi connectivity index (χ1n) is 6.44. The summed E-state index contributed by atoms with van der Waals surface area (Å²) in [5.74, 6) is 0.0620. The monoisotopic (exact) mass is 281 g/mol. The number of hydrogen-bond acceptors (Lipinski definition) is 3. The van der Waals surface area contributed by atoms with Gasteiger partial charge in [0.25, 0.3) is 5.56 Å². The topological polar surface area (TPSA) is 47.2 Å². The number of fused-ring (bicyclic) bond motifs is 1. The molecule has 0 aliphatic heterocycles. The number of hydrogen-bond donors (Lipinski definition) is 0. The summed E-state index contributed by atoms with van der Waals surface area (Å²) < 4.78 is 14.7. The Morgan fingerprint density at radius 3 is 2.67 bits per heavy atom. The van der Waals surface area contributed by atoms with Crippen LogP contribution in [0.4, 0.5) is 4.39 Å². The quantitative estimate of drug-likeness (QED) is 0.678. The van der Waals surface area contributed by atoms with Crippen LogP contribution in [0.3, 0.4) is 0 Å². The molecular weight excluding hydrogens is 269 g/mol. The maximum absolute atomic E-state index is 13.6. The summed E-state index contributed by atoms with van der Waals surface area (Å²) in [6.45, 7) is 1.69. The fraction of sp³-hybridized carbons (Fsp3) is 0.0625. The number of rotatable bonds is 2. The van der Waals surface area contributed by atoms with Gasteiger partial charge in [0.2, 0.25) is 0 Å². The van der Waals surface area contributed by atoms with Gasteiger partial charge in [0.1, 0.15) is 11.6 Å². The van der Waals surface area contributed by atoms with Crippen molar-refractivity contribution in [1.82, 2.24) is 9.66 Å². The molecule has 0 atom stereocenters. The summed E-state index contributed by atoms with van der Waals surface area (Å²) in [5, 5.41) is 4.54. The highest BCUT2D eigenvalue weighted by Gasteiger charge is 2.06. The van der Waals surface area contributed by atoms with Gasteiger partial charge in [-0.25, -0.2) is 9.37 Å². The molecule has 0 amide bonds. The van der Waals surface area contributed by atoms with Crippen LogP contribution >= 0.6 is 0 Å². The summed E-state index contributed by atoms with van der Waals surface area (Å²) in [6, 6.07) is 13.3. The first-order valence-corrected chi connectivity index (χ1v) is 6.44. The lowest BCUT2D eigenvalue weighted by molar-refractivity contribution is 0.625. The van der Waals surface area contributed by atoms with Gasteiger partial charge in [-0.05, 0) is 25.1 Å². The molecule has 0 saturated carbocycles. The zero-order chi connectivity index (χ0) is 14.8. The molecule has 0 fully saturated rings. The van der Waals surface area contributed by atoms with Crippen LogP contribution in [0.15, 0.2) is 58.4 Å². The van der Waals surface area contributed by atoms with E-state index in [1.54, 1.807) is 43.3 Å². The summed E-state index contributed by atoms with van der Waals surface area (Å²) in [7, 11) is 0. The molecule has 21 heavy (non-hydrogen) atoms. The van der Waals surface area contributed by atoms with Crippen LogP contribution in [0.5, 0.6) is 0 Å². The Kier molecular flexibility index (Phi) is 3.31. The van der Waals surface area contributed by atoms with Gasteiger partial charge < -0.3 is 0 Å². The molecule has 3 rings (SSSR count). The molecule has 0 radical (unpaired) electrons. The molecule has 0 N–H and O–H groups in total. The van der Waals surface area contributed by atoms with Crippen LogP contribution in [-0.4, -0.2) is 15.9 Å². The van der Waals surface area contributed by atoms with Crippen LogP contribution in [0.1, 0.15) is 11.4 Å². The van der Waals surface area contributed by atoms with Crippen molar-refractivity contribution in [2.24, 2.45) is 5.10 Å². The van der Waals surface area contributed by atoms with Gasteiger partial charge in [0.15, 0.2) is 0 Å². The molecule has 3 aromatic rings. The highest BCUT2D eigenvalue weighted by atomic mass is 19.1. The van der Waals surface area contributed by atoms with Gasteiger partial charge in [-0.2, -0.15) is 9.78 Å². The Balaban J connectivity index is 2.13. The number of para-hydroxylation sites is 1. The van der Waals surface area contributed by atoms with Crippen LogP contribution < -0.4 is 5.56 Å². The molecule has 0 saturated heterocycles. The van der Waals surface area contributed by atoms with E-state index in [0.717, 1.165) is 0 Å². The lowest BCUT2D eigenvalue weighted by Crippen LogP contribution is -2.20. The Morgan fingerprint density at radius 1 is 1.14 bits per heavy atom. The average Bonchev–Trinajstić information content (AvgIpc) is 2.49. The van der Waals surface area contributed by atoms with E-state index < -0.39 is 0 Å². The first kappa shape index (κ1) is 13.2. The van der Waals surface area contributed by atoms with Crippen molar-refractivity contribution in [2.75, 3.05) is 0 Å². The zero-order valence-corrected chi connectivity index (χ0v) is 11.3. The van der Waals surface area contributed by atoms with Gasteiger partial charge >= 0.3 is 0 Å². The summed E-state index contributed by atoms with van der Waals surface area (Å²) >= 11 is 0. The Morgan fingerprint density at radius 2 is 1.86 bits per heavy atom. The van der Waals surface area contributed by atoms with E-state index in [9.17, 15) is 9.18 Å². The first-order chi connectivity index (χ1) is 10.2.